The van der Waals surface area contributed by atoms with Crippen LogP contribution in [0.2, 0.25) is 10.0 Å². The molecule has 0 saturated carbocycles. The van der Waals surface area contributed by atoms with Crippen molar-refractivity contribution in [1.29, 1.82) is 0 Å². The van der Waals surface area contributed by atoms with Crippen LogP contribution in [0.5, 0.6) is 17.2 Å². The lowest BCUT2D eigenvalue weighted by atomic mass is 10.1. The zero-order valence-corrected chi connectivity index (χ0v) is 14.3. The third-order valence-electron chi connectivity index (χ3n) is 3.11. The molecule has 2 aromatic carbocycles. The summed E-state index contributed by atoms with van der Waals surface area (Å²) in [4.78, 5) is 12.4. The lowest BCUT2D eigenvalue weighted by Gasteiger charge is -2.13. The van der Waals surface area contributed by atoms with Crippen LogP contribution in [-0.2, 0) is 0 Å². The lowest BCUT2D eigenvalue weighted by molar-refractivity contribution is 0.102. The Labute approximate surface area is 144 Å². The number of hydrogen-bond acceptors (Lipinski definition) is 4. The van der Waals surface area contributed by atoms with E-state index in [2.05, 4.69) is 5.32 Å². The van der Waals surface area contributed by atoms with Crippen molar-refractivity contribution in [2.45, 2.75) is 0 Å². The summed E-state index contributed by atoms with van der Waals surface area (Å²) in [6.45, 7) is 0. The molecular formula is C16H15Cl2NO4. The molecule has 5 nitrogen and oxygen atoms in total. The van der Waals surface area contributed by atoms with Crippen LogP contribution < -0.4 is 19.5 Å². The van der Waals surface area contributed by atoms with Crippen molar-refractivity contribution in [1.82, 2.24) is 0 Å². The minimum absolute atomic E-state index is 0.273. The Balaban J connectivity index is 2.35. The fourth-order valence-electron chi connectivity index (χ4n) is 2.02. The fourth-order valence-corrected chi connectivity index (χ4v) is 2.48. The van der Waals surface area contributed by atoms with Crippen molar-refractivity contribution in [3.63, 3.8) is 0 Å². The molecule has 122 valence electrons. The van der Waals surface area contributed by atoms with Gasteiger partial charge in [0.25, 0.3) is 5.91 Å². The van der Waals surface area contributed by atoms with E-state index in [1.807, 2.05) is 0 Å². The summed E-state index contributed by atoms with van der Waals surface area (Å²) in [5.41, 5.74) is 0.769. The number of halogens is 2. The number of hydrogen-bond donors (Lipinski definition) is 1. The Hall–Kier alpha value is -2.11. The molecule has 0 atom stereocenters. The maximum absolute atomic E-state index is 12.4. The molecule has 0 radical (unpaired) electrons. The number of ether oxygens (including phenoxy) is 3. The number of benzene rings is 2. The molecule has 0 fully saturated rings. The van der Waals surface area contributed by atoms with E-state index in [9.17, 15) is 4.79 Å². The van der Waals surface area contributed by atoms with E-state index in [1.165, 1.54) is 33.5 Å². The van der Waals surface area contributed by atoms with Gasteiger partial charge in [-0.1, -0.05) is 23.2 Å². The van der Waals surface area contributed by atoms with E-state index in [1.54, 1.807) is 18.2 Å². The van der Waals surface area contributed by atoms with Crippen LogP contribution in [0.25, 0.3) is 0 Å². The first-order valence-corrected chi connectivity index (χ1v) is 7.32. The van der Waals surface area contributed by atoms with Gasteiger partial charge in [-0.15, -0.1) is 0 Å². The minimum Gasteiger partial charge on any atom is -0.495 e. The molecule has 7 heteroatoms. The molecule has 0 aromatic heterocycles. The average molecular weight is 356 g/mol. The van der Waals surface area contributed by atoms with Crippen LogP contribution in [0.15, 0.2) is 30.3 Å². The first kappa shape index (κ1) is 17.2. The summed E-state index contributed by atoms with van der Waals surface area (Å²) in [5.74, 6) is 0.844. The van der Waals surface area contributed by atoms with E-state index in [-0.39, 0.29) is 10.9 Å². The molecule has 0 aliphatic rings. The first-order valence-electron chi connectivity index (χ1n) is 6.56. The molecule has 0 aliphatic heterocycles. The van der Waals surface area contributed by atoms with Crippen LogP contribution in [0.4, 0.5) is 5.69 Å². The van der Waals surface area contributed by atoms with Gasteiger partial charge < -0.3 is 19.5 Å². The van der Waals surface area contributed by atoms with Crippen LogP contribution >= 0.6 is 23.2 Å². The Morgan fingerprint density at radius 2 is 1.65 bits per heavy atom. The summed E-state index contributed by atoms with van der Waals surface area (Å²) in [6.07, 6.45) is 0. The van der Waals surface area contributed by atoms with Crippen LogP contribution in [0, 0.1) is 0 Å². The molecule has 0 heterocycles. The number of carbonyl (C=O) groups is 1. The average Bonchev–Trinajstić information content (AvgIpc) is 2.54. The van der Waals surface area contributed by atoms with E-state index in [4.69, 9.17) is 37.4 Å². The molecule has 0 bridgehead atoms. The largest absolute Gasteiger partial charge is 0.495 e. The highest BCUT2D eigenvalue weighted by atomic mass is 35.5. The van der Waals surface area contributed by atoms with Crippen LogP contribution in [0.3, 0.4) is 0 Å². The zero-order chi connectivity index (χ0) is 17.0. The highest BCUT2D eigenvalue weighted by Gasteiger charge is 2.16. The highest BCUT2D eigenvalue weighted by Crippen LogP contribution is 2.36. The van der Waals surface area contributed by atoms with E-state index in [0.717, 1.165) is 0 Å². The summed E-state index contributed by atoms with van der Waals surface area (Å²) in [7, 11) is 4.45. The van der Waals surface area contributed by atoms with Gasteiger partial charge in [0, 0.05) is 10.6 Å². The summed E-state index contributed by atoms with van der Waals surface area (Å²) < 4.78 is 15.5. The van der Waals surface area contributed by atoms with Crippen molar-refractivity contribution in [2.24, 2.45) is 0 Å². The maximum Gasteiger partial charge on any atom is 0.255 e. The number of methoxy groups -OCH3 is 3. The minimum atomic E-state index is -0.381. The van der Waals surface area contributed by atoms with Crippen molar-refractivity contribution >= 4 is 34.8 Å². The fraction of sp³-hybridized carbons (Fsp3) is 0.188. The van der Waals surface area contributed by atoms with Gasteiger partial charge in [0.1, 0.15) is 5.75 Å². The van der Waals surface area contributed by atoms with E-state index in [0.29, 0.717) is 33.5 Å². The van der Waals surface area contributed by atoms with Gasteiger partial charge in [-0.3, -0.25) is 4.79 Å². The normalized spacial score (nSPS) is 10.1. The molecule has 1 amide bonds. The van der Waals surface area contributed by atoms with Crippen LogP contribution in [-0.4, -0.2) is 27.2 Å². The number of rotatable bonds is 5. The monoisotopic (exact) mass is 355 g/mol. The quantitative estimate of drug-likeness (QED) is 0.869. The molecule has 1 N–H and O–H groups in total. The summed E-state index contributed by atoms with van der Waals surface area (Å²) in [5, 5.41) is 3.48. The Morgan fingerprint density at radius 3 is 2.26 bits per heavy atom. The molecular weight excluding hydrogens is 341 g/mol. The van der Waals surface area contributed by atoms with Gasteiger partial charge in [0.15, 0.2) is 11.5 Å². The topological polar surface area (TPSA) is 56.8 Å². The van der Waals surface area contributed by atoms with E-state index >= 15 is 0 Å². The van der Waals surface area contributed by atoms with Gasteiger partial charge in [0.2, 0.25) is 0 Å². The SMILES string of the molecule is COc1ccc(Cl)cc1NC(=O)c1cc(Cl)c(OC)c(OC)c1. The smallest absolute Gasteiger partial charge is 0.255 e. The second-order valence-corrected chi connectivity index (χ2v) is 5.34. The summed E-state index contributed by atoms with van der Waals surface area (Å²) in [6, 6.07) is 7.97. The predicted octanol–water partition coefficient (Wildman–Crippen LogP) is 4.27. The van der Waals surface area contributed by atoms with Crippen molar-refractivity contribution in [3.8, 4) is 17.2 Å². The molecule has 0 unspecified atom stereocenters. The highest BCUT2D eigenvalue weighted by molar-refractivity contribution is 6.33. The van der Waals surface area contributed by atoms with Crippen molar-refractivity contribution in [3.05, 3.63) is 45.9 Å². The lowest BCUT2D eigenvalue weighted by Crippen LogP contribution is -2.13. The number of nitrogens with one attached hydrogen (secondary N) is 1. The Morgan fingerprint density at radius 1 is 0.957 bits per heavy atom. The second kappa shape index (κ2) is 7.44. The Bertz CT molecular complexity index is 734. The van der Waals surface area contributed by atoms with Gasteiger partial charge in [0.05, 0.1) is 32.0 Å². The van der Waals surface area contributed by atoms with Crippen molar-refractivity contribution in [2.75, 3.05) is 26.6 Å². The van der Waals surface area contributed by atoms with Crippen LogP contribution in [0.1, 0.15) is 10.4 Å². The molecule has 2 rings (SSSR count). The third kappa shape index (κ3) is 3.81. The van der Waals surface area contributed by atoms with Gasteiger partial charge in [-0.05, 0) is 30.3 Å². The maximum atomic E-state index is 12.4. The number of carbonyl (C=O) groups excluding carboxylic acids is 1. The first-order chi connectivity index (χ1) is 11.0. The Kier molecular flexibility index (Phi) is 5.58. The van der Waals surface area contributed by atoms with Gasteiger partial charge >= 0.3 is 0 Å². The molecule has 0 spiro atoms. The summed E-state index contributed by atoms with van der Waals surface area (Å²) >= 11 is 12.1. The van der Waals surface area contributed by atoms with Gasteiger partial charge in [-0.2, -0.15) is 0 Å². The van der Waals surface area contributed by atoms with Crippen molar-refractivity contribution < 1.29 is 19.0 Å². The van der Waals surface area contributed by atoms with E-state index < -0.39 is 0 Å². The standard InChI is InChI=1S/C16H15Cl2NO4/c1-21-13-5-4-10(17)8-12(13)19-16(20)9-6-11(18)15(23-3)14(7-9)22-2/h4-8H,1-3H3,(H,19,20). The molecule has 23 heavy (non-hydrogen) atoms. The predicted molar refractivity (Wildman–Crippen MR) is 90.5 cm³/mol. The number of amides is 1. The number of anilines is 1. The molecule has 2 aromatic rings. The molecule has 0 aliphatic carbocycles. The zero-order valence-electron chi connectivity index (χ0n) is 12.8. The molecule has 0 saturated heterocycles. The third-order valence-corrected chi connectivity index (χ3v) is 3.62. The van der Waals surface area contributed by atoms with Gasteiger partial charge in [-0.25, -0.2) is 0 Å². The second-order valence-electron chi connectivity index (χ2n) is 4.49.